The fraction of sp³-hybridized carbons (Fsp3) is 0.750. The summed E-state index contributed by atoms with van der Waals surface area (Å²) in [7, 11) is 0. The number of aliphatic hydroxyl groups is 1. The van der Waals surface area contributed by atoms with Gasteiger partial charge in [0.1, 0.15) is 0 Å². The number of amides is 3. The number of alkyl halides is 3. The van der Waals surface area contributed by atoms with E-state index in [1.165, 1.54) is 0 Å². The van der Waals surface area contributed by atoms with E-state index in [0.29, 0.717) is 11.8 Å². The molecule has 1 rings (SSSR count). The quantitative estimate of drug-likeness (QED) is 0.694. The Labute approximate surface area is 89.2 Å². The number of nitrogens with zero attached hydrogens (tertiary/aromatic N) is 1. The molecule has 1 aliphatic heterocycles. The Morgan fingerprint density at radius 3 is 2.38 bits per heavy atom. The number of halogens is 3. The predicted octanol–water partition coefficient (Wildman–Crippen LogP) is 0.242. The number of carbonyl (C=O) groups excluding carboxylic acids is 2. The Bertz CT molecular complexity index is 318. The van der Waals surface area contributed by atoms with Gasteiger partial charge in [-0.3, -0.25) is 9.69 Å². The summed E-state index contributed by atoms with van der Waals surface area (Å²) < 4.78 is 37.7. The van der Waals surface area contributed by atoms with Crippen LogP contribution in [-0.4, -0.2) is 46.8 Å². The highest BCUT2D eigenvalue weighted by Gasteiger charge is 2.64. The maximum atomic E-state index is 12.6. The molecule has 3 amide bonds. The first-order valence-corrected chi connectivity index (χ1v) is 4.55. The fourth-order valence-corrected chi connectivity index (χ4v) is 1.32. The smallest absolute Gasteiger partial charge is 0.396 e. The van der Waals surface area contributed by atoms with Crippen LogP contribution in [0, 0.1) is 0 Å². The molecule has 0 spiro atoms. The van der Waals surface area contributed by atoms with Crippen molar-refractivity contribution < 1.29 is 27.9 Å². The van der Waals surface area contributed by atoms with Gasteiger partial charge >= 0.3 is 12.2 Å². The minimum atomic E-state index is -4.84. The normalized spacial score (nSPS) is 26.2. The van der Waals surface area contributed by atoms with Crippen LogP contribution in [0.4, 0.5) is 18.0 Å². The second kappa shape index (κ2) is 3.93. The fourth-order valence-electron chi connectivity index (χ4n) is 1.32. The van der Waals surface area contributed by atoms with Crippen LogP contribution in [0.3, 0.4) is 0 Å². The highest BCUT2D eigenvalue weighted by Crippen LogP contribution is 2.35. The lowest BCUT2D eigenvalue weighted by Gasteiger charge is -2.24. The maximum absolute atomic E-state index is 12.6. The second-order valence-electron chi connectivity index (χ2n) is 3.59. The zero-order valence-corrected chi connectivity index (χ0v) is 8.47. The zero-order valence-electron chi connectivity index (χ0n) is 8.47. The van der Waals surface area contributed by atoms with Crippen molar-refractivity contribution in [2.75, 3.05) is 13.2 Å². The molecule has 16 heavy (non-hydrogen) atoms. The van der Waals surface area contributed by atoms with Gasteiger partial charge in [0.15, 0.2) is 0 Å². The summed E-state index contributed by atoms with van der Waals surface area (Å²) >= 11 is 0. The topological polar surface area (TPSA) is 69.6 Å². The van der Waals surface area contributed by atoms with Crippen molar-refractivity contribution in [3.63, 3.8) is 0 Å². The Morgan fingerprint density at radius 1 is 1.44 bits per heavy atom. The predicted molar refractivity (Wildman–Crippen MR) is 46.4 cm³/mol. The Kier molecular flexibility index (Phi) is 3.13. The molecular formula is C8H11F3N2O3. The van der Waals surface area contributed by atoms with Crippen LogP contribution in [0.1, 0.15) is 13.3 Å². The molecule has 0 aromatic rings. The van der Waals surface area contributed by atoms with Gasteiger partial charge in [-0.25, -0.2) is 4.79 Å². The van der Waals surface area contributed by atoms with Crippen molar-refractivity contribution in [3.05, 3.63) is 0 Å². The van der Waals surface area contributed by atoms with Gasteiger partial charge in [-0.2, -0.15) is 13.2 Å². The van der Waals surface area contributed by atoms with Crippen LogP contribution in [0.5, 0.6) is 0 Å². The SMILES string of the molecule is CC1(C(F)(F)F)NC(=O)N(CCCO)C1=O. The summed E-state index contributed by atoms with van der Waals surface area (Å²) in [4.78, 5) is 23.1. The summed E-state index contributed by atoms with van der Waals surface area (Å²) in [5.74, 6) is -1.33. The van der Waals surface area contributed by atoms with Gasteiger partial charge in [0.25, 0.3) is 5.91 Å². The summed E-state index contributed by atoms with van der Waals surface area (Å²) in [5, 5.41) is 10.1. The molecule has 0 aromatic carbocycles. The van der Waals surface area contributed by atoms with Gasteiger partial charge < -0.3 is 10.4 Å². The van der Waals surface area contributed by atoms with E-state index >= 15 is 0 Å². The van der Waals surface area contributed by atoms with Crippen molar-refractivity contribution in [3.8, 4) is 0 Å². The van der Waals surface area contributed by atoms with Crippen LogP contribution in [-0.2, 0) is 4.79 Å². The lowest BCUT2D eigenvalue weighted by Crippen LogP contribution is -2.56. The molecule has 1 fully saturated rings. The van der Waals surface area contributed by atoms with Crippen LogP contribution in [0.25, 0.3) is 0 Å². The average Bonchev–Trinajstić information content (AvgIpc) is 2.36. The van der Waals surface area contributed by atoms with Gasteiger partial charge in [0, 0.05) is 13.2 Å². The summed E-state index contributed by atoms with van der Waals surface area (Å²) in [6.07, 6.45) is -4.79. The summed E-state index contributed by atoms with van der Waals surface area (Å²) in [6, 6.07) is -1.08. The largest absolute Gasteiger partial charge is 0.420 e. The molecule has 1 atom stereocenters. The van der Waals surface area contributed by atoms with Crippen LogP contribution >= 0.6 is 0 Å². The zero-order chi connectivity index (χ0) is 12.6. The number of nitrogens with one attached hydrogen (secondary N) is 1. The lowest BCUT2D eigenvalue weighted by molar-refractivity contribution is -0.191. The van der Waals surface area contributed by atoms with E-state index in [2.05, 4.69) is 0 Å². The maximum Gasteiger partial charge on any atom is 0.420 e. The number of hydrogen-bond donors (Lipinski definition) is 2. The third-order valence-corrected chi connectivity index (χ3v) is 2.38. The number of aliphatic hydroxyl groups excluding tert-OH is 1. The van der Waals surface area contributed by atoms with Crippen molar-refractivity contribution in [1.82, 2.24) is 10.2 Å². The van der Waals surface area contributed by atoms with E-state index < -0.39 is 23.7 Å². The number of urea groups is 1. The standard InChI is InChI=1S/C8H11F3N2O3/c1-7(8(9,10)11)5(15)13(3-2-4-14)6(16)12-7/h14H,2-4H2,1H3,(H,12,16). The number of imide groups is 1. The minimum Gasteiger partial charge on any atom is -0.396 e. The highest BCUT2D eigenvalue weighted by atomic mass is 19.4. The van der Waals surface area contributed by atoms with E-state index in [1.807, 2.05) is 0 Å². The Morgan fingerprint density at radius 2 is 2.00 bits per heavy atom. The van der Waals surface area contributed by atoms with E-state index in [-0.39, 0.29) is 19.6 Å². The first kappa shape index (κ1) is 12.8. The van der Waals surface area contributed by atoms with Crippen molar-refractivity contribution >= 4 is 11.9 Å². The van der Waals surface area contributed by atoms with Gasteiger partial charge in [-0.05, 0) is 13.3 Å². The van der Waals surface area contributed by atoms with E-state index in [4.69, 9.17) is 5.11 Å². The average molecular weight is 240 g/mol. The molecule has 1 aliphatic rings. The molecule has 92 valence electrons. The molecule has 1 heterocycles. The molecule has 2 N–H and O–H groups in total. The lowest BCUT2D eigenvalue weighted by atomic mass is 10.0. The second-order valence-corrected chi connectivity index (χ2v) is 3.59. The molecule has 0 bridgehead atoms. The highest BCUT2D eigenvalue weighted by molar-refractivity contribution is 6.07. The van der Waals surface area contributed by atoms with Crippen molar-refractivity contribution in [2.45, 2.75) is 25.1 Å². The van der Waals surface area contributed by atoms with Crippen molar-refractivity contribution in [1.29, 1.82) is 0 Å². The summed E-state index contributed by atoms with van der Waals surface area (Å²) in [6.45, 7) is 0.0822. The van der Waals surface area contributed by atoms with Gasteiger partial charge in [0.2, 0.25) is 5.54 Å². The number of rotatable bonds is 3. The first-order valence-electron chi connectivity index (χ1n) is 4.55. The van der Waals surface area contributed by atoms with Crippen LogP contribution in [0.2, 0.25) is 0 Å². The molecule has 8 heteroatoms. The third-order valence-electron chi connectivity index (χ3n) is 2.38. The molecule has 0 aromatic heterocycles. The van der Waals surface area contributed by atoms with Crippen LogP contribution in [0.15, 0.2) is 0 Å². The van der Waals surface area contributed by atoms with Crippen molar-refractivity contribution in [2.24, 2.45) is 0 Å². The molecule has 0 radical (unpaired) electrons. The molecule has 0 aliphatic carbocycles. The third kappa shape index (κ3) is 1.84. The van der Waals surface area contributed by atoms with Crippen LogP contribution < -0.4 is 5.32 Å². The molecular weight excluding hydrogens is 229 g/mol. The number of hydrogen-bond acceptors (Lipinski definition) is 3. The van der Waals surface area contributed by atoms with E-state index in [0.717, 1.165) is 0 Å². The molecule has 5 nitrogen and oxygen atoms in total. The molecule has 1 saturated heterocycles. The minimum absolute atomic E-state index is 0.0487. The molecule has 0 saturated carbocycles. The Hall–Kier alpha value is -1.31. The monoisotopic (exact) mass is 240 g/mol. The summed E-state index contributed by atoms with van der Waals surface area (Å²) in [5.41, 5.74) is -2.86. The van der Waals surface area contributed by atoms with Gasteiger partial charge in [-0.15, -0.1) is 0 Å². The van der Waals surface area contributed by atoms with E-state index in [9.17, 15) is 22.8 Å². The van der Waals surface area contributed by atoms with Gasteiger partial charge in [0.05, 0.1) is 0 Å². The Balaban J connectivity index is 2.90. The first-order chi connectivity index (χ1) is 7.24. The van der Waals surface area contributed by atoms with Gasteiger partial charge in [-0.1, -0.05) is 0 Å². The molecule has 1 unspecified atom stereocenters. The van der Waals surface area contributed by atoms with E-state index in [1.54, 1.807) is 5.32 Å². The number of carbonyl (C=O) groups is 2.